The lowest BCUT2D eigenvalue weighted by molar-refractivity contribution is 0.921. The maximum atomic E-state index is 4.63. The zero-order chi connectivity index (χ0) is 13.4. The van der Waals surface area contributed by atoms with Crippen molar-refractivity contribution in [2.24, 2.45) is 0 Å². The van der Waals surface area contributed by atoms with E-state index in [4.69, 9.17) is 0 Å². The lowest BCUT2D eigenvalue weighted by atomic mass is 10.0. The van der Waals surface area contributed by atoms with E-state index in [2.05, 4.69) is 48.2 Å². The number of thioether (sulfide) groups is 1. The molecule has 0 aliphatic carbocycles. The van der Waals surface area contributed by atoms with Gasteiger partial charge in [0, 0.05) is 18.0 Å². The molecule has 0 N–H and O–H groups in total. The van der Waals surface area contributed by atoms with Crippen LogP contribution in [-0.2, 0) is 0 Å². The highest BCUT2D eigenvalue weighted by Gasteiger charge is 2.08. The first-order chi connectivity index (χ1) is 9.19. The van der Waals surface area contributed by atoms with Crippen LogP contribution in [0.5, 0.6) is 0 Å². The Bertz CT molecular complexity index is 746. The third-order valence-electron chi connectivity index (χ3n) is 3.35. The van der Waals surface area contributed by atoms with Gasteiger partial charge < -0.3 is 0 Å². The molecule has 0 fully saturated rings. The Morgan fingerprint density at radius 2 is 1.95 bits per heavy atom. The minimum absolute atomic E-state index is 0.992. The van der Waals surface area contributed by atoms with E-state index in [1.165, 1.54) is 11.1 Å². The smallest absolute Gasteiger partial charge is 0.122 e. The molecule has 96 valence electrons. The van der Waals surface area contributed by atoms with Gasteiger partial charge in [-0.25, -0.2) is 9.50 Å². The van der Waals surface area contributed by atoms with E-state index in [0.29, 0.717) is 0 Å². The van der Waals surface area contributed by atoms with E-state index < -0.39 is 0 Å². The van der Waals surface area contributed by atoms with Crippen molar-refractivity contribution in [3.05, 3.63) is 47.8 Å². The fourth-order valence-electron chi connectivity index (χ4n) is 2.10. The summed E-state index contributed by atoms with van der Waals surface area (Å²) in [5.41, 5.74) is 5.80. The number of fused-ring (bicyclic) bond motifs is 1. The zero-order valence-corrected chi connectivity index (χ0v) is 12.0. The van der Waals surface area contributed by atoms with Crippen LogP contribution in [0.25, 0.3) is 16.8 Å². The average molecular weight is 269 g/mol. The molecule has 2 aromatic heterocycles. The fraction of sp³-hybridized carbons (Fsp3) is 0.200. The van der Waals surface area contributed by atoms with Crippen LogP contribution in [0.3, 0.4) is 0 Å². The monoisotopic (exact) mass is 269 g/mol. The number of hydrogen-bond acceptors (Lipinski definition) is 3. The van der Waals surface area contributed by atoms with Gasteiger partial charge in [0.25, 0.3) is 0 Å². The van der Waals surface area contributed by atoms with Crippen molar-refractivity contribution in [1.29, 1.82) is 0 Å². The predicted molar refractivity (Wildman–Crippen MR) is 79.7 cm³/mol. The first-order valence-electron chi connectivity index (χ1n) is 6.15. The highest BCUT2D eigenvalue weighted by Crippen LogP contribution is 2.25. The van der Waals surface area contributed by atoms with Crippen molar-refractivity contribution in [1.82, 2.24) is 14.6 Å². The van der Waals surface area contributed by atoms with Crippen molar-refractivity contribution in [3.63, 3.8) is 0 Å². The number of rotatable bonds is 2. The molecule has 0 radical (unpaired) electrons. The second kappa shape index (κ2) is 4.70. The fourth-order valence-corrected chi connectivity index (χ4v) is 2.63. The first-order valence-corrected chi connectivity index (χ1v) is 7.37. The highest BCUT2D eigenvalue weighted by atomic mass is 32.2. The van der Waals surface area contributed by atoms with Gasteiger partial charge >= 0.3 is 0 Å². The summed E-state index contributed by atoms with van der Waals surface area (Å²) < 4.78 is 1.89. The van der Waals surface area contributed by atoms with Gasteiger partial charge in [0.15, 0.2) is 0 Å². The largest absolute Gasteiger partial charge is 0.246 e. The van der Waals surface area contributed by atoms with Crippen LogP contribution in [0.15, 0.2) is 41.7 Å². The van der Waals surface area contributed by atoms with E-state index in [1.54, 1.807) is 18.0 Å². The van der Waals surface area contributed by atoms with Gasteiger partial charge in [-0.3, -0.25) is 0 Å². The van der Waals surface area contributed by atoms with E-state index >= 15 is 0 Å². The molecule has 0 amide bonds. The molecule has 0 aliphatic heterocycles. The molecule has 0 unspecified atom stereocenters. The molecule has 2 heterocycles. The molecule has 0 saturated carbocycles. The highest BCUT2D eigenvalue weighted by molar-refractivity contribution is 7.98. The lowest BCUT2D eigenvalue weighted by Gasteiger charge is -2.01. The molecule has 3 aromatic rings. The molecule has 0 bridgehead atoms. The predicted octanol–water partition coefficient (Wildman–Crippen LogP) is 3.74. The van der Waals surface area contributed by atoms with Gasteiger partial charge in [0.05, 0.1) is 11.2 Å². The molecule has 0 atom stereocenters. The van der Waals surface area contributed by atoms with Crippen LogP contribution in [0.2, 0.25) is 0 Å². The van der Waals surface area contributed by atoms with Crippen molar-refractivity contribution >= 4 is 17.3 Å². The maximum absolute atomic E-state index is 4.63. The zero-order valence-electron chi connectivity index (χ0n) is 11.2. The first kappa shape index (κ1) is 12.2. The summed E-state index contributed by atoms with van der Waals surface area (Å²) in [6, 6.07) is 8.55. The van der Waals surface area contributed by atoms with Crippen LogP contribution in [0, 0.1) is 13.8 Å². The number of aromatic nitrogens is 3. The lowest BCUT2D eigenvalue weighted by Crippen LogP contribution is -1.90. The van der Waals surface area contributed by atoms with E-state index in [0.717, 1.165) is 21.8 Å². The van der Waals surface area contributed by atoms with E-state index in [9.17, 15) is 0 Å². The summed E-state index contributed by atoms with van der Waals surface area (Å²) in [5.74, 6) is 0. The third-order valence-corrected chi connectivity index (χ3v) is 4.05. The second-order valence-corrected chi connectivity index (χ2v) is 5.39. The van der Waals surface area contributed by atoms with Gasteiger partial charge in [-0.2, -0.15) is 5.10 Å². The molecule has 4 heteroatoms. The van der Waals surface area contributed by atoms with Gasteiger partial charge in [0.1, 0.15) is 5.03 Å². The van der Waals surface area contributed by atoms with Crippen LogP contribution >= 0.6 is 11.8 Å². The molecule has 0 aliphatic rings. The van der Waals surface area contributed by atoms with Gasteiger partial charge in [-0.1, -0.05) is 12.1 Å². The summed E-state index contributed by atoms with van der Waals surface area (Å²) in [6.45, 7) is 4.25. The molecular weight excluding hydrogens is 254 g/mol. The van der Waals surface area contributed by atoms with Crippen molar-refractivity contribution in [2.75, 3.05) is 6.26 Å². The van der Waals surface area contributed by atoms with Crippen molar-refractivity contribution < 1.29 is 0 Å². The van der Waals surface area contributed by atoms with E-state index in [-0.39, 0.29) is 0 Å². The average Bonchev–Trinajstić information content (AvgIpc) is 2.85. The van der Waals surface area contributed by atoms with Crippen molar-refractivity contribution in [3.8, 4) is 11.3 Å². The van der Waals surface area contributed by atoms with Gasteiger partial charge in [0.2, 0.25) is 0 Å². The summed E-state index contributed by atoms with van der Waals surface area (Å²) in [5, 5.41) is 5.63. The molecule has 0 spiro atoms. The Balaban J connectivity index is 2.17. The minimum Gasteiger partial charge on any atom is -0.246 e. The molecule has 1 aromatic carbocycles. The molecule has 3 nitrogen and oxygen atoms in total. The number of benzene rings is 1. The normalized spacial score (nSPS) is 11.1. The molecular formula is C15H15N3S. The van der Waals surface area contributed by atoms with Gasteiger partial charge in [-0.05, 0) is 43.4 Å². The number of hydrogen-bond donors (Lipinski definition) is 0. The van der Waals surface area contributed by atoms with Crippen LogP contribution in [0.1, 0.15) is 11.1 Å². The second-order valence-electron chi connectivity index (χ2n) is 4.59. The van der Waals surface area contributed by atoms with Crippen molar-refractivity contribution in [2.45, 2.75) is 18.9 Å². The summed E-state index contributed by atoms with van der Waals surface area (Å²) in [6.07, 6.45) is 5.71. The molecule has 3 rings (SSSR count). The Kier molecular flexibility index (Phi) is 3.03. The SMILES string of the molecule is CSc1nccn2nc(-c3ccc(C)c(C)c3)cc12. The van der Waals surface area contributed by atoms with Crippen LogP contribution in [0.4, 0.5) is 0 Å². The van der Waals surface area contributed by atoms with Gasteiger partial charge in [-0.15, -0.1) is 11.8 Å². The summed E-state index contributed by atoms with van der Waals surface area (Å²) >= 11 is 1.64. The Hall–Kier alpha value is -1.81. The summed E-state index contributed by atoms with van der Waals surface area (Å²) in [7, 11) is 0. The van der Waals surface area contributed by atoms with Crippen LogP contribution in [-0.4, -0.2) is 20.9 Å². The van der Waals surface area contributed by atoms with Crippen LogP contribution < -0.4 is 0 Å². The summed E-state index contributed by atoms with van der Waals surface area (Å²) in [4.78, 5) is 4.37. The number of nitrogens with zero attached hydrogens (tertiary/aromatic N) is 3. The quantitative estimate of drug-likeness (QED) is 0.664. The maximum Gasteiger partial charge on any atom is 0.122 e. The standard InChI is InChI=1S/C15H15N3S/c1-10-4-5-12(8-11(10)2)13-9-14-15(19-3)16-6-7-18(14)17-13/h4-9H,1-3H3. The third kappa shape index (κ3) is 2.12. The van der Waals surface area contributed by atoms with E-state index in [1.807, 2.05) is 17.0 Å². The molecule has 0 saturated heterocycles. The Morgan fingerprint density at radius 3 is 2.68 bits per heavy atom. The Morgan fingerprint density at radius 1 is 1.11 bits per heavy atom. The minimum atomic E-state index is 0.992. The topological polar surface area (TPSA) is 30.2 Å². The Labute approximate surface area is 116 Å². The number of aryl methyl sites for hydroxylation is 2. The molecule has 19 heavy (non-hydrogen) atoms.